The maximum Gasteiger partial charge on any atom is 0.134 e. The van der Waals surface area contributed by atoms with Crippen LogP contribution in [0.25, 0.3) is 66.8 Å². The minimum atomic E-state index is 0.807. The van der Waals surface area contributed by atoms with Gasteiger partial charge in [0, 0.05) is 55.6 Å². The number of rotatable bonds is 15. The van der Waals surface area contributed by atoms with Crippen molar-refractivity contribution in [3.63, 3.8) is 0 Å². The first-order chi connectivity index (χ1) is 39.1. The van der Waals surface area contributed by atoms with Crippen LogP contribution in [0.2, 0.25) is 0 Å². The highest BCUT2D eigenvalue weighted by atomic mass is 16.5. The summed E-state index contributed by atoms with van der Waals surface area (Å²) in [6, 6.07) is 49.6. The predicted molar refractivity (Wildman–Crippen MR) is 334 cm³/mol. The molecule has 0 spiro atoms. The fourth-order valence-corrected chi connectivity index (χ4v) is 11.2. The fraction of sp³-hybridized carbons (Fsp3) is 0.250. The Morgan fingerprint density at radius 1 is 0.198 bits per heavy atom. The molecule has 9 aromatic rings. The molecule has 0 radical (unpaired) electrons. The second-order valence-electron chi connectivity index (χ2n) is 19.8. The van der Waals surface area contributed by atoms with Crippen LogP contribution in [0.1, 0.15) is 50.1 Å². The highest BCUT2D eigenvalue weighted by Gasteiger charge is 2.26. The van der Waals surface area contributed by atoms with Crippen LogP contribution in [0.3, 0.4) is 0 Å². The van der Waals surface area contributed by atoms with E-state index >= 15 is 0 Å². The lowest BCUT2D eigenvalue weighted by Crippen LogP contribution is -2.02. The normalized spacial score (nSPS) is 10.6. The van der Waals surface area contributed by atoms with Crippen molar-refractivity contribution in [2.24, 2.45) is 0 Å². The van der Waals surface area contributed by atoms with Crippen molar-refractivity contribution in [2.75, 3.05) is 64.0 Å². The van der Waals surface area contributed by atoms with Gasteiger partial charge in [-0.05, 0) is 148 Å². The molecule has 9 aromatic carbocycles. The van der Waals surface area contributed by atoms with Crippen LogP contribution < -0.4 is 42.6 Å². The Morgan fingerprint density at radius 3 is 0.938 bits per heavy atom. The molecule has 81 heavy (non-hydrogen) atoms. The molecule has 9 rings (SSSR count). The predicted octanol–water partition coefficient (Wildman–Crippen LogP) is 17.9. The van der Waals surface area contributed by atoms with Crippen molar-refractivity contribution in [3.05, 3.63) is 196 Å². The van der Waals surface area contributed by atoms with Gasteiger partial charge in [0.1, 0.15) is 51.7 Å². The Balaban J connectivity index is 0.000000175. The summed E-state index contributed by atoms with van der Waals surface area (Å²) in [7, 11) is 15.4. The zero-order chi connectivity index (χ0) is 58.7. The van der Waals surface area contributed by atoms with Crippen LogP contribution in [0.15, 0.2) is 146 Å². The summed E-state index contributed by atoms with van der Waals surface area (Å²) in [6.45, 7) is 18.6. The summed E-state index contributed by atoms with van der Waals surface area (Å²) in [5.74, 6) is 7.75. The van der Waals surface area contributed by atoms with Crippen molar-refractivity contribution in [3.8, 4) is 119 Å². The van der Waals surface area contributed by atoms with E-state index in [1.54, 1.807) is 64.0 Å². The molecule has 0 atom stereocenters. The molecule has 0 saturated heterocycles. The van der Waals surface area contributed by atoms with Gasteiger partial charge >= 0.3 is 0 Å². The van der Waals surface area contributed by atoms with E-state index in [0.717, 1.165) is 169 Å². The quantitative estimate of drug-likeness (QED) is 0.0997. The number of methoxy groups -OCH3 is 9. The van der Waals surface area contributed by atoms with Crippen LogP contribution in [-0.4, -0.2) is 64.0 Å². The number of ether oxygens (including phenoxy) is 9. The minimum Gasteiger partial charge on any atom is -0.496 e. The highest BCUT2D eigenvalue weighted by Crippen LogP contribution is 2.51. The molecular formula is C72H78O9. The Kier molecular flexibility index (Phi) is 19.9. The Hall–Kier alpha value is -8.82. The van der Waals surface area contributed by atoms with Gasteiger partial charge in [0.2, 0.25) is 0 Å². The molecule has 0 amide bonds. The number of hydrogen-bond donors (Lipinski definition) is 0. The van der Waals surface area contributed by atoms with Crippen molar-refractivity contribution in [1.29, 1.82) is 0 Å². The second kappa shape index (κ2) is 26.9. The molecule has 0 unspecified atom stereocenters. The lowest BCUT2D eigenvalue weighted by atomic mass is 9.90. The van der Waals surface area contributed by atoms with Gasteiger partial charge in [-0.2, -0.15) is 0 Å². The Morgan fingerprint density at radius 2 is 0.519 bits per heavy atom. The molecule has 0 heterocycles. The molecule has 0 aliphatic rings. The molecule has 0 fully saturated rings. The van der Waals surface area contributed by atoms with Crippen LogP contribution in [-0.2, 0) is 0 Å². The van der Waals surface area contributed by atoms with E-state index in [0.29, 0.717) is 0 Å². The smallest absolute Gasteiger partial charge is 0.134 e. The van der Waals surface area contributed by atoms with Gasteiger partial charge in [0.15, 0.2) is 0 Å². The van der Waals surface area contributed by atoms with Gasteiger partial charge in [-0.1, -0.05) is 121 Å². The van der Waals surface area contributed by atoms with E-state index in [1.807, 2.05) is 66.7 Å². The summed E-state index contributed by atoms with van der Waals surface area (Å²) in [4.78, 5) is 0. The molecule has 9 heteroatoms. The van der Waals surface area contributed by atoms with Crippen LogP contribution >= 0.6 is 0 Å². The zero-order valence-electron chi connectivity index (χ0n) is 50.5. The Bertz CT molecular complexity index is 3530. The molecule has 0 bridgehead atoms. The van der Waals surface area contributed by atoms with Crippen LogP contribution in [0.5, 0.6) is 51.7 Å². The van der Waals surface area contributed by atoms with Gasteiger partial charge in [-0.15, -0.1) is 0 Å². The maximum atomic E-state index is 5.89. The van der Waals surface area contributed by atoms with E-state index in [-0.39, 0.29) is 0 Å². The lowest BCUT2D eigenvalue weighted by Gasteiger charge is -2.22. The van der Waals surface area contributed by atoms with Gasteiger partial charge in [0.25, 0.3) is 0 Å². The first kappa shape index (κ1) is 59.8. The van der Waals surface area contributed by atoms with Gasteiger partial charge < -0.3 is 42.6 Å². The summed E-state index contributed by atoms with van der Waals surface area (Å²) >= 11 is 0. The number of para-hydroxylation sites is 1. The Labute approximate surface area is 480 Å². The van der Waals surface area contributed by atoms with Crippen molar-refractivity contribution in [1.82, 2.24) is 0 Å². The van der Waals surface area contributed by atoms with Gasteiger partial charge in [-0.25, -0.2) is 0 Å². The van der Waals surface area contributed by atoms with Crippen LogP contribution in [0, 0.1) is 62.3 Å². The summed E-state index contributed by atoms with van der Waals surface area (Å²) in [5.41, 5.74) is 22.4. The summed E-state index contributed by atoms with van der Waals surface area (Å²) in [5, 5.41) is 0. The first-order valence-corrected chi connectivity index (χ1v) is 27.0. The van der Waals surface area contributed by atoms with Gasteiger partial charge in [-0.3, -0.25) is 0 Å². The first-order valence-electron chi connectivity index (χ1n) is 27.0. The topological polar surface area (TPSA) is 83.1 Å². The van der Waals surface area contributed by atoms with E-state index < -0.39 is 0 Å². The third-order valence-corrected chi connectivity index (χ3v) is 15.5. The molecular weight excluding hydrogens is 1010 g/mol. The summed E-state index contributed by atoms with van der Waals surface area (Å²) < 4.78 is 51.8. The SMILES string of the molecule is COc1c(-c2ccccc2)cccc1-c1c(C)c(OC)c(C)c(C)c1OC.COc1ccc(-c2c(C)c(OC)c(C)c(C)c2OC)cc1-c1ccccc1.COc1ccc(-c2ccccc2)cc1-c1c(C)c(OC)c(C)c(C)c1OC. The van der Waals surface area contributed by atoms with E-state index in [9.17, 15) is 0 Å². The molecule has 420 valence electrons. The summed E-state index contributed by atoms with van der Waals surface area (Å²) in [6.07, 6.45) is 0. The zero-order valence-corrected chi connectivity index (χ0v) is 50.5. The maximum absolute atomic E-state index is 5.89. The number of benzene rings is 9. The number of hydrogen-bond acceptors (Lipinski definition) is 9. The average molecular weight is 1090 g/mol. The highest BCUT2D eigenvalue weighted by molar-refractivity contribution is 5.90. The average Bonchev–Trinajstić information content (AvgIpc) is 3.66. The standard InChI is InChI=1S/3C24H26O3/c1-15-16(2)23(26-5)21(17(3)22(15)25-4)20-14-10-13-19(24(20)27-6)18-11-8-7-9-12-18;1-15-16(2)24(27-6)22(17(3)23(15)26-5)19-12-13-21(25-4)20(14-19)18-10-8-7-9-11-18;1-15-16(2)24(27-6)22(17(3)23(15)26-5)20-14-19(12-13-21(20)25-4)18-10-8-7-9-11-18/h3*7-14H,1-6H3. The molecule has 0 aromatic heterocycles. The molecule has 0 aliphatic heterocycles. The largest absolute Gasteiger partial charge is 0.496 e. The minimum absolute atomic E-state index is 0.807. The second-order valence-corrected chi connectivity index (χ2v) is 19.8. The fourth-order valence-electron chi connectivity index (χ4n) is 11.2. The third kappa shape index (κ3) is 11.9. The lowest BCUT2D eigenvalue weighted by molar-refractivity contribution is 0.395. The van der Waals surface area contributed by atoms with Crippen molar-refractivity contribution >= 4 is 0 Å². The molecule has 0 saturated carbocycles. The molecule has 9 nitrogen and oxygen atoms in total. The van der Waals surface area contributed by atoms with E-state index in [4.69, 9.17) is 42.6 Å². The third-order valence-electron chi connectivity index (χ3n) is 15.5. The van der Waals surface area contributed by atoms with Crippen molar-refractivity contribution in [2.45, 2.75) is 62.3 Å². The van der Waals surface area contributed by atoms with Crippen molar-refractivity contribution < 1.29 is 42.6 Å². The van der Waals surface area contributed by atoms with E-state index in [2.05, 4.69) is 141 Å². The van der Waals surface area contributed by atoms with E-state index in [1.165, 1.54) is 0 Å². The molecule has 0 aliphatic carbocycles. The van der Waals surface area contributed by atoms with Crippen LogP contribution in [0.4, 0.5) is 0 Å². The molecule has 0 N–H and O–H groups in total. The van der Waals surface area contributed by atoms with Gasteiger partial charge in [0.05, 0.1) is 64.0 Å². The monoisotopic (exact) mass is 1090 g/mol.